The van der Waals surface area contributed by atoms with Gasteiger partial charge in [0.15, 0.2) is 0 Å². The number of rotatable bonds is 4. The number of carbonyl (C=O) groups is 1. The minimum atomic E-state index is -0.634. The Kier molecular flexibility index (Phi) is 5.56. The molecular weight excluding hydrogens is 146 g/mol. The molecule has 66 valence electrons. The molecule has 0 bridgehead atoms. The lowest BCUT2D eigenvalue weighted by atomic mass is 10.3. The minimum absolute atomic E-state index is 0.0831. The van der Waals surface area contributed by atoms with Crippen molar-refractivity contribution in [1.29, 1.82) is 0 Å². The second-order valence-corrected chi connectivity index (χ2v) is 2.22. The van der Waals surface area contributed by atoms with Crippen molar-refractivity contribution in [2.75, 3.05) is 13.2 Å². The maximum atomic E-state index is 10.7. The van der Waals surface area contributed by atoms with Crippen molar-refractivity contribution in [3.63, 3.8) is 0 Å². The molecule has 0 aliphatic carbocycles. The molecule has 4 nitrogen and oxygen atoms in total. The van der Waals surface area contributed by atoms with Crippen LogP contribution in [0.25, 0.3) is 0 Å². The highest BCUT2D eigenvalue weighted by atomic mass is 16.7. The van der Waals surface area contributed by atoms with Crippen LogP contribution >= 0.6 is 0 Å². The Hall–Kier alpha value is -0.770. The molecule has 0 aromatic heterocycles. The first-order valence-corrected chi connectivity index (χ1v) is 3.74. The average molecular weight is 161 g/mol. The molecule has 1 atom stereocenters. The second kappa shape index (κ2) is 5.97. The van der Waals surface area contributed by atoms with Crippen LogP contribution < -0.4 is 5.73 Å². The summed E-state index contributed by atoms with van der Waals surface area (Å²) in [5, 5.41) is 0. The van der Waals surface area contributed by atoms with Crippen LogP contribution in [0.3, 0.4) is 0 Å². The number of hydrogen-bond donors (Lipinski definition) is 1. The maximum Gasteiger partial charge on any atom is 0.508 e. The molecular formula is C7H15NO3. The molecule has 0 rings (SSSR count). The third-order valence-corrected chi connectivity index (χ3v) is 1.21. The first-order valence-electron chi connectivity index (χ1n) is 3.74. The molecule has 4 heteroatoms. The van der Waals surface area contributed by atoms with E-state index in [0.717, 1.165) is 6.42 Å². The SMILES string of the molecule is CCC(C)OC(=O)OCCN. The van der Waals surface area contributed by atoms with Crippen LogP contribution in [0.5, 0.6) is 0 Å². The topological polar surface area (TPSA) is 61.5 Å². The summed E-state index contributed by atoms with van der Waals surface area (Å²) in [6.07, 6.45) is 0.0719. The first kappa shape index (κ1) is 10.2. The van der Waals surface area contributed by atoms with E-state index < -0.39 is 6.16 Å². The van der Waals surface area contributed by atoms with Gasteiger partial charge in [-0.05, 0) is 13.3 Å². The maximum absolute atomic E-state index is 10.7. The van der Waals surface area contributed by atoms with Gasteiger partial charge in [-0.1, -0.05) is 6.92 Å². The largest absolute Gasteiger partial charge is 0.508 e. The van der Waals surface area contributed by atoms with Crippen molar-refractivity contribution in [3.05, 3.63) is 0 Å². The van der Waals surface area contributed by atoms with Gasteiger partial charge in [-0.25, -0.2) is 4.79 Å². The van der Waals surface area contributed by atoms with Crippen LogP contribution in [0.15, 0.2) is 0 Å². The van der Waals surface area contributed by atoms with Crippen LogP contribution in [-0.2, 0) is 9.47 Å². The van der Waals surface area contributed by atoms with E-state index in [-0.39, 0.29) is 12.7 Å². The third kappa shape index (κ3) is 5.66. The van der Waals surface area contributed by atoms with Gasteiger partial charge in [0.2, 0.25) is 0 Å². The number of carbonyl (C=O) groups excluding carboxylic acids is 1. The van der Waals surface area contributed by atoms with Crippen molar-refractivity contribution in [2.45, 2.75) is 26.4 Å². The van der Waals surface area contributed by atoms with Gasteiger partial charge < -0.3 is 15.2 Å². The summed E-state index contributed by atoms with van der Waals surface area (Å²) in [6.45, 7) is 4.29. The van der Waals surface area contributed by atoms with Gasteiger partial charge in [0, 0.05) is 6.54 Å². The van der Waals surface area contributed by atoms with Gasteiger partial charge in [0.1, 0.15) is 12.7 Å². The molecule has 0 fully saturated rings. The lowest BCUT2D eigenvalue weighted by Gasteiger charge is -2.09. The van der Waals surface area contributed by atoms with E-state index in [1.54, 1.807) is 0 Å². The van der Waals surface area contributed by atoms with Crippen LogP contribution in [0, 0.1) is 0 Å². The third-order valence-electron chi connectivity index (χ3n) is 1.21. The number of nitrogens with two attached hydrogens (primary N) is 1. The minimum Gasteiger partial charge on any atom is -0.433 e. The van der Waals surface area contributed by atoms with E-state index in [0.29, 0.717) is 6.54 Å². The van der Waals surface area contributed by atoms with Crippen LogP contribution in [0.1, 0.15) is 20.3 Å². The van der Waals surface area contributed by atoms with Crippen molar-refractivity contribution < 1.29 is 14.3 Å². The summed E-state index contributed by atoms with van der Waals surface area (Å²) in [4.78, 5) is 10.7. The summed E-state index contributed by atoms with van der Waals surface area (Å²) < 4.78 is 9.36. The summed E-state index contributed by atoms with van der Waals surface area (Å²) in [5.74, 6) is 0. The van der Waals surface area contributed by atoms with E-state index in [4.69, 9.17) is 10.5 Å². The zero-order valence-electron chi connectivity index (χ0n) is 7.00. The zero-order chi connectivity index (χ0) is 8.69. The Morgan fingerprint density at radius 2 is 2.27 bits per heavy atom. The summed E-state index contributed by atoms with van der Waals surface area (Å²) in [5.41, 5.74) is 5.11. The van der Waals surface area contributed by atoms with E-state index in [1.807, 2.05) is 13.8 Å². The molecule has 0 aliphatic heterocycles. The fraction of sp³-hybridized carbons (Fsp3) is 0.857. The molecule has 0 saturated carbocycles. The van der Waals surface area contributed by atoms with Gasteiger partial charge in [0.25, 0.3) is 0 Å². The Morgan fingerprint density at radius 1 is 1.64 bits per heavy atom. The predicted molar refractivity (Wildman–Crippen MR) is 41.2 cm³/mol. The molecule has 0 heterocycles. The fourth-order valence-electron chi connectivity index (χ4n) is 0.424. The van der Waals surface area contributed by atoms with Gasteiger partial charge in [-0.2, -0.15) is 0 Å². The number of hydrogen-bond acceptors (Lipinski definition) is 4. The van der Waals surface area contributed by atoms with E-state index in [2.05, 4.69) is 4.74 Å². The van der Waals surface area contributed by atoms with Crippen LogP contribution in [-0.4, -0.2) is 25.4 Å². The smallest absolute Gasteiger partial charge is 0.433 e. The highest BCUT2D eigenvalue weighted by Gasteiger charge is 2.07. The quantitative estimate of drug-likeness (QED) is 0.622. The molecule has 0 aromatic rings. The Labute approximate surface area is 66.7 Å². The van der Waals surface area contributed by atoms with Gasteiger partial charge in [-0.15, -0.1) is 0 Å². The van der Waals surface area contributed by atoms with Gasteiger partial charge >= 0.3 is 6.16 Å². The van der Waals surface area contributed by atoms with Crippen molar-refractivity contribution in [3.8, 4) is 0 Å². The summed E-state index contributed by atoms with van der Waals surface area (Å²) in [6, 6.07) is 0. The van der Waals surface area contributed by atoms with Gasteiger partial charge in [-0.3, -0.25) is 0 Å². The summed E-state index contributed by atoms with van der Waals surface area (Å²) >= 11 is 0. The fourth-order valence-corrected chi connectivity index (χ4v) is 0.424. The number of ether oxygens (including phenoxy) is 2. The monoisotopic (exact) mass is 161 g/mol. The molecule has 0 aromatic carbocycles. The second-order valence-electron chi connectivity index (χ2n) is 2.22. The first-order chi connectivity index (χ1) is 5.20. The highest BCUT2D eigenvalue weighted by molar-refractivity contribution is 5.60. The predicted octanol–water partition coefficient (Wildman–Crippen LogP) is 0.897. The Morgan fingerprint density at radius 3 is 2.73 bits per heavy atom. The van der Waals surface area contributed by atoms with Crippen molar-refractivity contribution in [2.24, 2.45) is 5.73 Å². The van der Waals surface area contributed by atoms with Crippen LogP contribution in [0.2, 0.25) is 0 Å². The molecule has 0 radical (unpaired) electrons. The molecule has 11 heavy (non-hydrogen) atoms. The van der Waals surface area contributed by atoms with Crippen molar-refractivity contribution in [1.82, 2.24) is 0 Å². The molecule has 1 unspecified atom stereocenters. The molecule has 2 N–H and O–H groups in total. The molecule has 0 spiro atoms. The Bertz CT molecular complexity index is 116. The molecule has 0 saturated heterocycles. The summed E-state index contributed by atoms with van der Waals surface area (Å²) in [7, 11) is 0. The van der Waals surface area contributed by atoms with Crippen molar-refractivity contribution >= 4 is 6.16 Å². The Balaban J connectivity index is 3.36. The van der Waals surface area contributed by atoms with E-state index >= 15 is 0 Å². The average Bonchev–Trinajstić information content (AvgIpc) is 2.00. The van der Waals surface area contributed by atoms with Crippen LogP contribution in [0.4, 0.5) is 4.79 Å². The lowest BCUT2D eigenvalue weighted by Crippen LogP contribution is -2.18. The van der Waals surface area contributed by atoms with E-state index in [9.17, 15) is 4.79 Å². The highest BCUT2D eigenvalue weighted by Crippen LogP contribution is 1.97. The normalized spacial score (nSPS) is 12.3. The van der Waals surface area contributed by atoms with E-state index in [1.165, 1.54) is 0 Å². The lowest BCUT2D eigenvalue weighted by molar-refractivity contribution is 0.0299. The molecule has 0 amide bonds. The molecule has 0 aliphatic rings. The standard InChI is InChI=1S/C7H15NO3/c1-3-6(2)11-7(9)10-5-4-8/h6H,3-5,8H2,1-2H3. The zero-order valence-corrected chi connectivity index (χ0v) is 7.00. The van der Waals surface area contributed by atoms with Gasteiger partial charge in [0.05, 0.1) is 0 Å².